The second-order valence-corrected chi connectivity index (χ2v) is 8.92. The van der Waals surface area contributed by atoms with Crippen molar-refractivity contribution in [3.05, 3.63) is 35.5 Å². The van der Waals surface area contributed by atoms with Crippen molar-refractivity contribution in [3.8, 4) is 17.0 Å². The number of carbonyl (C=O) groups is 1. The number of aromatic hydroxyl groups is 1. The van der Waals surface area contributed by atoms with Crippen molar-refractivity contribution in [2.45, 2.75) is 65.8 Å². The fourth-order valence-electron chi connectivity index (χ4n) is 2.95. The monoisotopic (exact) mass is 388 g/mol. The van der Waals surface area contributed by atoms with Crippen LogP contribution in [0.15, 0.2) is 24.4 Å². The lowest BCUT2D eigenvalue weighted by Crippen LogP contribution is -2.17. The van der Waals surface area contributed by atoms with Gasteiger partial charge in [0.05, 0.1) is 18.8 Å². The van der Waals surface area contributed by atoms with Gasteiger partial charge in [-0.25, -0.2) is 4.79 Å². The molecule has 0 amide bonds. The number of benzene rings is 1. The number of hydrogen-bond donors (Lipinski definition) is 1. The van der Waals surface area contributed by atoms with Gasteiger partial charge in [-0.3, -0.25) is 4.68 Å². The van der Waals surface area contributed by atoms with Gasteiger partial charge in [-0.15, -0.1) is 0 Å². The van der Waals surface area contributed by atoms with E-state index >= 15 is 0 Å². The molecular formula is C22H32N2O4. The summed E-state index contributed by atoms with van der Waals surface area (Å²) in [6.45, 7) is 15.2. The van der Waals surface area contributed by atoms with Crippen LogP contribution in [0, 0.1) is 0 Å². The van der Waals surface area contributed by atoms with Gasteiger partial charge in [0.2, 0.25) is 0 Å². The highest BCUT2D eigenvalue weighted by Gasteiger charge is 2.27. The number of aromatic nitrogens is 2. The van der Waals surface area contributed by atoms with Crippen LogP contribution < -0.4 is 0 Å². The van der Waals surface area contributed by atoms with Crippen molar-refractivity contribution in [2.24, 2.45) is 0 Å². The van der Waals surface area contributed by atoms with E-state index in [1.165, 1.54) is 0 Å². The van der Waals surface area contributed by atoms with Crippen LogP contribution in [0.1, 0.15) is 59.6 Å². The Morgan fingerprint density at radius 3 is 2.14 bits per heavy atom. The van der Waals surface area contributed by atoms with Gasteiger partial charge in [0, 0.05) is 22.9 Å². The molecule has 2 rings (SSSR count). The molecule has 0 saturated carbocycles. The summed E-state index contributed by atoms with van der Waals surface area (Å²) in [5.74, 6) is 0.353. The number of ether oxygens (including phenoxy) is 2. The SMILES string of the molecule is CCOC(=O)OCCn1ccc(-c2cc(C(C)(C)C)c(O)c(C(C)(C)C)c2)n1. The zero-order chi connectivity index (χ0) is 21.1. The highest BCUT2D eigenvalue weighted by atomic mass is 16.7. The Hall–Kier alpha value is -2.50. The van der Waals surface area contributed by atoms with E-state index in [1.54, 1.807) is 11.6 Å². The van der Waals surface area contributed by atoms with Crippen molar-refractivity contribution in [2.75, 3.05) is 13.2 Å². The summed E-state index contributed by atoms with van der Waals surface area (Å²) < 4.78 is 11.5. The summed E-state index contributed by atoms with van der Waals surface area (Å²) in [6, 6.07) is 5.94. The number of hydrogen-bond acceptors (Lipinski definition) is 5. The molecule has 6 heteroatoms. The van der Waals surface area contributed by atoms with Gasteiger partial charge in [0.25, 0.3) is 0 Å². The number of carbonyl (C=O) groups excluding carboxylic acids is 1. The number of rotatable bonds is 5. The van der Waals surface area contributed by atoms with E-state index < -0.39 is 6.16 Å². The number of nitrogens with zero attached hydrogens (tertiary/aromatic N) is 2. The van der Waals surface area contributed by atoms with Crippen molar-refractivity contribution in [1.29, 1.82) is 0 Å². The van der Waals surface area contributed by atoms with E-state index in [-0.39, 0.29) is 24.0 Å². The van der Waals surface area contributed by atoms with Crippen LogP contribution in [0.2, 0.25) is 0 Å². The smallest absolute Gasteiger partial charge is 0.507 e. The van der Waals surface area contributed by atoms with E-state index in [9.17, 15) is 9.90 Å². The molecule has 0 radical (unpaired) electrons. The molecule has 0 aliphatic carbocycles. The average molecular weight is 389 g/mol. The Morgan fingerprint density at radius 2 is 1.64 bits per heavy atom. The molecule has 28 heavy (non-hydrogen) atoms. The first-order valence-corrected chi connectivity index (χ1v) is 9.65. The van der Waals surface area contributed by atoms with Gasteiger partial charge in [-0.1, -0.05) is 41.5 Å². The molecule has 0 fully saturated rings. The predicted molar refractivity (Wildman–Crippen MR) is 110 cm³/mol. The van der Waals surface area contributed by atoms with Crippen molar-refractivity contribution in [1.82, 2.24) is 9.78 Å². The lowest BCUT2D eigenvalue weighted by atomic mass is 9.78. The maximum absolute atomic E-state index is 11.3. The molecule has 154 valence electrons. The van der Waals surface area contributed by atoms with Gasteiger partial charge in [0.15, 0.2) is 0 Å². The molecule has 2 aromatic rings. The third kappa shape index (κ3) is 5.27. The quantitative estimate of drug-likeness (QED) is 0.728. The minimum atomic E-state index is -0.668. The van der Waals surface area contributed by atoms with E-state index in [1.807, 2.05) is 24.4 Å². The molecule has 0 aliphatic rings. The van der Waals surface area contributed by atoms with Gasteiger partial charge in [-0.2, -0.15) is 5.10 Å². The second-order valence-electron chi connectivity index (χ2n) is 8.92. The maximum atomic E-state index is 11.3. The Morgan fingerprint density at radius 1 is 1.07 bits per heavy atom. The van der Waals surface area contributed by atoms with Crippen molar-refractivity contribution in [3.63, 3.8) is 0 Å². The normalized spacial score (nSPS) is 12.1. The lowest BCUT2D eigenvalue weighted by Gasteiger charge is -2.28. The van der Waals surface area contributed by atoms with Crippen LogP contribution in [0.4, 0.5) is 4.79 Å². The Labute approximate surface area is 167 Å². The predicted octanol–water partition coefficient (Wildman–Crippen LogP) is 5.02. The van der Waals surface area contributed by atoms with E-state index in [2.05, 4.69) is 46.6 Å². The van der Waals surface area contributed by atoms with Crippen LogP contribution >= 0.6 is 0 Å². The van der Waals surface area contributed by atoms with Crippen molar-refractivity contribution >= 4 is 6.16 Å². The summed E-state index contributed by atoms with van der Waals surface area (Å²) in [7, 11) is 0. The van der Waals surface area contributed by atoms with E-state index in [0.29, 0.717) is 12.3 Å². The molecule has 1 aromatic heterocycles. The van der Waals surface area contributed by atoms with Crippen LogP contribution in [0.3, 0.4) is 0 Å². The number of phenols is 1. The van der Waals surface area contributed by atoms with Gasteiger partial charge >= 0.3 is 6.16 Å². The van der Waals surface area contributed by atoms with E-state index in [4.69, 9.17) is 9.47 Å². The summed E-state index contributed by atoms with van der Waals surface area (Å²) >= 11 is 0. The lowest BCUT2D eigenvalue weighted by molar-refractivity contribution is 0.0560. The first kappa shape index (κ1) is 21.8. The highest BCUT2D eigenvalue weighted by molar-refractivity contribution is 5.66. The standard InChI is InChI=1S/C22H32N2O4/c1-8-27-20(26)28-12-11-24-10-9-18(23-24)15-13-16(21(2,3)4)19(25)17(14-15)22(5,6)7/h9-10,13-14,25H,8,11-12H2,1-7H3. The molecular weight excluding hydrogens is 356 g/mol. The Balaban J connectivity index is 2.30. The van der Waals surface area contributed by atoms with Gasteiger partial charge < -0.3 is 14.6 Å². The molecule has 1 aromatic carbocycles. The maximum Gasteiger partial charge on any atom is 0.508 e. The summed E-state index contributed by atoms with van der Waals surface area (Å²) in [4.78, 5) is 11.3. The molecule has 0 saturated heterocycles. The molecule has 0 aliphatic heterocycles. The van der Waals surface area contributed by atoms with Crippen LogP contribution in [0.25, 0.3) is 11.3 Å². The Kier molecular flexibility index (Phi) is 6.42. The highest BCUT2D eigenvalue weighted by Crippen LogP contribution is 2.41. The minimum absolute atomic E-state index is 0.190. The first-order chi connectivity index (χ1) is 12.9. The molecule has 0 spiro atoms. The fraction of sp³-hybridized carbons (Fsp3) is 0.545. The second kappa shape index (κ2) is 8.25. The van der Waals surface area contributed by atoms with Crippen LogP contribution in [-0.4, -0.2) is 34.3 Å². The van der Waals surface area contributed by atoms with Gasteiger partial charge in [0.1, 0.15) is 12.4 Å². The van der Waals surface area contributed by atoms with Gasteiger partial charge in [-0.05, 0) is 36.0 Å². The van der Waals surface area contributed by atoms with Crippen molar-refractivity contribution < 1.29 is 19.4 Å². The summed E-state index contributed by atoms with van der Waals surface area (Å²) in [5.41, 5.74) is 3.17. The largest absolute Gasteiger partial charge is 0.508 e. The third-order valence-electron chi connectivity index (χ3n) is 4.46. The van der Waals surface area contributed by atoms with E-state index in [0.717, 1.165) is 22.4 Å². The molecule has 1 heterocycles. The molecule has 0 bridgehead atoms. The summed E-state index contributed by atoms with van der Waals surface area (Å²) in [6.07, 6.45) is 1.18. The third-order valence-corrected chi connectivity index (χ3v) is 4.46. The zero-order valence-corrected chi connectivity index (χ0v) is 18.0. The number of phenolic OH excluding ortho intramolecular Hbond substituents is 1. The summed E-state index contributed by atoms with van der Waals surface area (Å²) in [5, 5.41) is 15.5. The zero-order valence-electron chi connectivity index (χ0n) is 18.0. The first-order valence-electron chi connectivity index (χ1n) is 9.65. The topological polar surface area (TPSA) is 73.6 Å². The average Bonchev–Trinajstić information content (AvgIpc) is 3.02. The molecule has 0 unspecified atom stereocenters. The van der Waals surface area contributed by atoms with Crippen LogP contribution in [-0.2, 0) is 26.8 Å². The fourth-order valence-corrected chi connectivity index (χ4v) is 2.95. The molecule has 0 atom stereocenters. The Bertz CT molecular complexity index is 791. The molecule has 6 nitrogen and oxygen atoms in total. The minimum Gasteiger partial charge on any atom is -0.507 e. The van der Waals surface area contributed by atoms with Crippen LogP contribution in [0.5, 0.6) is 5.75 Å². The molecule has 1 N–H and O–H groups in total.